The second-order valence-electron chi connectivity index (χ2n) is 3.40. The van der Waals surface area contributed by atoms with E-state index in [-0.39, 0.29) is 17.5 Å². The average Bonchev–Trinajstić information content (AvgIpc) is 3.01. The Morgan fingerprint density at radius 3 is 2.75 bits per heavy atom. The molecule has 84 valence electrons. The molecule has 0 aliphatic heterocycles. The average molecular weight is 224 g/mol. The number of hydrogen-bond donors (Lipinski definition) is 1. The molecular formula is C9H8N2O5. The van der Waals surface area contributed by atoms with Gasteiger partial charge in [-0.15, -0.1) is 0 Å². The first-order chi connectivity index (χ1) is 7.58. The molecule has 1 aliphatic rings. The van der Waals surface area contributed by atoms with Crippen LogP contribution in [0.15, 0.2) is 12.1 Å². The minimum Gasteiger partial charge on any atom is -0.482 e. The molecule has 1 N–H and O–H groups in total. The SMILES string of the molecule is O=C(O)c1ccc(OC2CC2)c([N+](=O)[O-])n1. The Hall–Kier alpha value is -2.18. The number of hydrogen-bond acceptors (Lipinski definition) is 5. The van der Waals surface area contributed by atoms with Gasteiger partial charge in [0.1, 0.15) is 0 Å². The molecule has 1 aromatic rings. The van der Waals surface area contributed by atoms with Gasteiger partial charge in [0.05, 0.1) is 6.10 Å². The van der Waals surface area contributed by atoms with E-state index in [1.807, 2.05) is 0 Å². The van der Waals surface area contributed by atoms with Crippen molar-refractivity contribution >= 4 is 11.8 Å². The number of pyridine rings is 1. The predicted molar refractivity (Wildman–Crippen MR) is 51.5 cm³/mol. The number of ether oxygens (including phenoxy) is 1. The van der Waals surface area contributed by atoms with Gasteiger partial charge < -0.3 is 20.0 Å². The van der Waals surface area contributed by atoms with Crippen molar-refractivity contribution in [3.63, 3.8) is 0 Å². The zero-order chi connectivity index (χ0) is 11.7. The van der Waals surface area contributed by atoms with E-state index in [1.54, 1.807) is 0 Å². The zero-order valence-corrected chi connectivity index (χ0v) is 8.12. The predicted octanol–water partition coefficient (Wildman–Crippen LogP) is 1.23. The lowest BCUT2D eigenvalue weighted by Gasteiger charge is -2.04. The molecule has 0 bridgehead atoms. The highest BCUT2D eigenvalue weighted by atomic mass is 16.6. The third-order valence-electron chi connectivity index (χ3n) is 2.05. The molecular weight excluding hydrogens is 216 g/mol. The molecule has 16 heavy (non-hydrogen) atoms. The van der Waals surface area contributed by atoms with Gasteiger partial charge in [0.2, 0.25) is 5.75 Å². The fourth-order valence-corrected chi connectivity index (χ4v) is 1.14. The molecule has 1 heterocycles. The van der Waals surface area contributed by atoms with Crippen molar-refractivity contribution in [3.05, 3.63) is 27.9 Å². The molecule has 7 heteroatoms. The van der Waals surface area contributed by atoms with Crippen LogP contribution < -0.4 is 4.74 Å². The Balaban J connectivity index is 2.35. The molecule has 2 rings (SSSR count). The van der Waals surface area contributed by atoms with Gasteiger partial charge in [0.15, 0.2) is 0 Å². The van der Waals surface area contributed by atoms with E-state index in [0.29, 0.717) is 0 Å². The first-order valence-corrected chi connectivity index (χ1v) is 4.63. The second-order valence-corrected chi connectivity index (χ2v) is 3.40. The Bertz CT molecular complexity index is 455. The summed E-state index contributed by atoms with van der Waals surface area (Å²) in [6.07, 6.45) is 1.71. The molecule has 1 aliphatic carbocycles. The van der Waals surface area contributed by atoms with E-state index in [9.17, 15) is 14.9 Å². The summed E-state index contributed by atoms with van der Waals surface area (Å²) < 4.78 is 5.26. The minimum atomic E-state index is -1.30. The topological polar surface area (TPSA) is 103 Å². The Morgan fingerprint density at radius 1 is 1.56 bits per heavy atom. The first-order valence-electron chi connectivity index (χ1n) is 4.63. The molecule has 7 nitrogen and oxygen atoms in total. The molecule has 0 atom stereocenters. The standard InChI is InChI=1S/C9H8N2O5/c12-9(13)6-3-4-7(16-5-1-2-5)8(10-6)11(14)15/h3-5H,1-2H2,(H,12,13). The summed E-state index contributed by atoms with van der Waals surface area (Å²) >= 11 is 0. The van der Waals surface area contributed by atoms with Gasteiger partial charge in [-0.2, -0.15) is 0 Å². The van der Waals surface area contributed by atoms with Crippen LogP contribution in [0.3, 0.4) is 0 Å². The van der Waals surface area contributed by atoms with Crippen LogP contribution in [-0.2, 0) is 0 Å². The third-order valence-corrected chi connectivity index (χ3v) is 2.05. The van der Waals surface area contributed by atoms with Gasteiger partial charge in [-0.1, -0.05) is 0 Å². The fraction of sp³-hybridized carbons (Fsp3) is 0.333. The van der Waals surface area contributed by atoms with E-state index >= 15 is 0 Å². The van der Waals surface area contributed by atoms with Crippen LogP contribution >= 0.6 is 0 Å². The van der Waals surface area contributed by atoms with Gasteiger partial charge in [-0.3, -0.25) is 0 Å². The lowest BCUT2D eigenvalue weighted by atomic mass is 10.3. The molecule has 1 fully saturated rings. The zero-order valence-electron chi connectivity index (χ0n) is 8.12. The highest BCUT2D eigenvalue weighted by Gasteiger charge is 2.29. The lowest BCUT2D eigenvalue weighted by Crippen LogP contribution is -2.06. The van der Waals surface area contributed by atoms with E-state index in [1.165, 1.54) is 12.1 Å². The monoisotopic (exact) mass is 224 g/mol. The molecule has 0 saturated heterocycles. The number of carbonyl (C=O) groups is 1. The fourth-order valence-electron chi connectivity index (χ4n) is 1.14. The molecule has 0 spiro atoms. The van der Waals surface area contributed by atoms with Crippen LogP contribution in [0, 0.1) is 10.1 Å². The number of carboxylic acids is 1. The number of carboxylic acid groups (broad SMARTS) is 1. The van der Waals surface area contributed by atoms with Crippen molar-refractivity contribution in [1.29, 1.82) is 0 Å². The minimum absolute atomic E-state index is 0.00354. The maximum atomic E-state index is 10.7. The molecule has 1 aromatic heterocycles. The van der Waals surface area contributed by atoms with Crippen molar-refractivity contribution in [1.82, 2.24) is 4.98 Å². The lowest BCUT2D eigenvalue weighted by molar-refractivity contribution is -0.390. The molecule has 0 unspecified atom stereocenters. The summed E-state index contributed by atoms with van der Waals surface area (Å²) in [6, 6.07) is 2.46. The number of nitro groups is 1. The summed E-state index contributed by atoms with van der Waals surface area (Å²) in [5, 5.41) is 19.3. The summed E-state index contributed by atoms with van der Waals surface area (Å²) in [5.41, 5.74) is -0.366. The van der Waals surface area contributed by atoms with Crippen molar-refractivity contribution in [3.8, 4) is 5.75 Å². The molecule has 0 radical (unpaired) electrons. The maximum Gasteiger partial charge on any atom is 0.407 e. The quantitative estimate of drug-likeness (QED) is 0.609. The normalized spacial score (nSPS) is 14.5. The maximum absolute atomic E-state index is 10.7. The highest BCUT2D eigenvalue weighted by molar-refractivity contribution is 5.85. The van der Waals surface area contributed by atoms with Crippen LogP contribution in [0.5, 0.6) is 5.75 Å². The van der Waals surface area contributed by atoms with E-state index in [2.05, 4.69) is 4.98 Å². The van der Waals surface area contributed by atoms with E-state index in [4.69, 9.17) is 9.84 Å². The Morgan fingerprint density at radius 2 is 2.25 bits per heavy atom. The van der Waals surface area contributed by atoms with Crippen molar-refractivity contribution < 1.29 is 19.6 Å². The Labute approximate surface area is 89.8 Å². The van der Waals surface area contributed by atoms with Crippen LogP contribution in [-0.4, -0.2) is 27.1 Å². The van der Waals surface area contributed by atoms with Crippen molar-refractivity contribution in [2.45, 2.75) is 18.9 Å². The van der Waals surface area contributed by atoms with Crippen LogP contribution in [0.25, 0.3) is 0 Å². The number of rotatable bonds is 4. The van der Waals surface area contributed by atoms with Gasteiger partial charge in [-0.25, -0.2) is 4.79 Å². The van der Waals surface area contributed by atoms with E-state index in [0.717, 1.165) is 12.8 Å². The summed E-state index contributed by atoms with van der Waals surface area (Å²) in [4.78, 5) is 23.9. The largest absolute Gasteiger partial charge is 0.482 e. The summed E-state index contributed by atoms with van der Waals surface area (Å²) in [7, 11) is 0. The van der Waals surface area contributed by atoms with Crippen molar-refractivity contribution in [2.75, 3.05) is 0 Å². The number of aromatic nitrogens is 1. The van der Waals surface area contributed by atoms with Gasteiger partial charge in [0.25, 0.3) is 5.69 Å². The van der Waals surface area contributed by atoms with Crippen LogP contribution in [0.1, 0.15) is 23.3 Å². The Kier molecular flexibility index (Phi) is 2.43. The summed E-state index contributed by atoms with van der Waals surface area (Å²) in [6.45, 7) is 0. The van der Waals surface area contributed by atoms with Gasteiger partial charge in [-0.05, 0) is 28.8 Å². The second kappa shape index (κ2) is 3.76. The van der Waals surface area contributed by atoms with Crippen molar-refractivity contribution in [2.24, 2.45) is 0 Å². The number of nitrogens with zero attached hydrogens (tertiary/aromatic N) is 2. The third kappa shape index (κ3) is 2.08. The van der Waals surface area contributed by atoms with Gasteiger partial charge >= 0.3 is 11.8 Å². The van der Waals surface area contributed by atoms with Gasteiger partial charge in [0, 0.05) is 6.07 Å². The first kappa shape index (κ1) is 10.3. The number of aromatic carboxylic acids is 1. The smallest absolute Gasteiger partial charge is 0.407 e. The molecule has 1 saturated carbocycles. The highest BCUT2D eigenvalue weighted by Crippen LogP contribution is 2.32. The molecule has 0 amide bonds. The summed E-state index contributed by atoms with van der Waals surface area (Å²) in [5.74, 6) is -1.83. The van der Waals surface area contributed by atoms with E-state index < -0.39 is 16.7 Å². The van der Waals surface area contributed by atoms with Crippen LogP contribution in [0.4, 0.5) is 5.82 Å². The molecule has 0 aromatic carbocycles. The van der Waals surface area contributed by atoms with Crippen LogP contribution in [0.2, 0.25) is 0 Å².